The highest BCUT2D eigenvalue weighted by atomic mass is 31.2. The summed E-state index contributed by atoms with van der Waals surface area (Å²) in [5, 5.41) is 3.11. The second kappa shape index (κ2) is 12.6. The zero-order valence-corrected chi connectivity index (χ0v) is 22.6. The Hall–Kier alpha value is -2.56. The lowest BCUT2D eigenvalue weighted by molar-refractivity contribution is -0.191. The van der Waals surface area contributed by atoms with Crippen LogP contribution in [0.1, 0.15) is 41.5 Å². The molecule has 3 unspecified atom stereocenters. The van der Waals surface area contributed by atoms with Gasteiger partial charge in [-0.2, -0.15) is 0 Å². The quantitative estimate of drug-likeness (QED) is 0.235. The van der Waals surface area contributed by atoms with Crippen molar-refractivity contribution in [3.05, 3.63) is 43.0 Å². The van der Waals surface area contributed by atoms with Gasteiger partial charge in [-0.1, -0.05) is 18.2 Å². The van der Waals surface area contributed by atoms with E-state index in [9.17, 15) is 4.57 Å². The maximum absolute atomic E-state index is 14.0. The molecule has 2 aromatic heterocycles. The second-order valence-electron chi connectivity index (χ2n) is 9.17. The lowest BCUT2D eigenvalue weighted by Gasteiger charge is -2.31. The molecule has 0 saturated carbocycles. The van der Waals surface area contributed by atoms with Gasteiger partial charge >= 0.3 is 7.52 Å². The van der Waals surface area contributed by atoms with E-state index in [0.717, 1.165) is 0 Å². The van der Waals surface area contributed by atoms with Gasteiger partial charge in [0.1, 0.15) is 23.9 Å². The first-order valence-electron chi connectivity index (χ1n) is 12.0. The van der Waals surface area contributed by atoms with Crippen LogP contribution in [0.2, 0.25) is 0 Å². The third-order valence-corrected chi connectivity index (χ3v) is 6.82. The van der Waals surface area contributed by atoms with Crippen molar-refractivity contribution in [2.24, 2.45) is 0 Å². The maximum Gasteiger partial charge on any atom is 0.342 e. The molecule has 3 rings (SSSR count). The molecule has 3 atom stereocenters. The van der Waals surface area contributed by atoms with Gasteiger partial charge in [0, 0.05) is 0 Å². The van der Waals surface area contributed by atoms with Gasteiger partial charge in [-0.3, -0.25) is 4.57 Å². The van der Waals surface area contributed by atoms with E-state index in [1.807, 2.05) is 64.3 Å². The van der Waals surface area contributed by atoms with Crippen LogP contribution in [-0.4, -0.2) is 56.5 Å². The molecule has 36 heavy (non-hydrogen) atoms. The van der Waals surface area contributed by atoms with E-state index in [1.54, 1.807) is 18.5 Å². The number of hydrogen-bond acceptors (Lipinski definition) is 9. The van der Waals surface area contributed by atoms with Gasteiger partial charge in [0.25, 0.3) is 0 Å². The number of rotatable bonds is 14. The molecule has 198 valence electrons. The number of benzene rings is 1. The summed E-state index contributed by atoms with van der Waals surface area (Å²) in [4.78, 5) is 12.5. The minimum Gasteiger partial charge on any atom is -0.431 e. The van der Waals surface area contributed by atoms with E-state index in [0.29, 0.717) is 29.3 Å². The normalized spacial score (nSPS) is 15.5. The number of aromatic nitrogens is 4. The number of nitrogens with one attached hydrogen (secondary N) is 1. The smallest absolute Gasteiger partial charge is 0.342 e. The molecule has 3 N–H and O–H groups in total. The van der Waals surface area contributed by atoms with E-state index in [-0.39, 0.29) is 24.7 Å². The topological polar surface area (TPSA) is 136 Å². The van der Waals surface area contributed by atoms with Crippen LogP contribution in [-0.2, 0) is 25.3 Å². The average Bonchev–Trinajstić information content (AvgIpc) is 3.21. The zero-order valence-electron chi connectivity index (χ0n) is 21.7. The average molecular weight is 521 g/mol. The number of para-hydroxylation sites is 1. The SMILES string of the molecule is CC(C)OC(OC(C)C)C(C)NP(=O)(COC(C)Cn1cnc2c(N)ncnc21)Oc1ccccc1. The van der Waals surface area contributed by atoms with Crippen LogP contribution in [0.4, 0.5) is 5.82 Å². The molecule has 11 nitrogen and oxygen atoms in total. The summed E-state index contributed by atoms with van der Waals surface area (Å²) < 4.78 is 39.7. The molecule has 2 heterocycles. The highest BCUT2D eigenvalue weighted by Gasteiger charge is 2.33. The fourth-order valence-corrected chi connectivity index (χ4v) is 5.34. The summed E-state index contributed by atoms with van der Waals surface area (Å²) in [6, 6.07) is 8.54. The fourth-order valence-electron chi connectivity index (χ4n) is 3.50. The third-order valence-electron chi connectivity index (χ3n) is 5.03. The second-order valence-corrected chi connectivity index (χ2v) is 11.2. The molecule has 1 aromatic carbocycles. The fraction of sp³-hybridized carbons (Fsp3) is 0.542. The van der Waals surface area contributed by atoms with E-state index in [4.69, 9.17) is 24.5 Å². The number of nitrogens with two attached hydrogens (primary N) is 1. The van der Waals surface area contributed by atoms with E-state index in [1.165, 1.54) is 6.33 Å². The van der Waals surface area contributed by atoms with Crippen LogP contribution in [0, 0.1) is 0 Å². The number of fused-ring (bicyclic) bond motifs is 1. The van der Waals surface area contributed by atoms with Crippen LogP contribution in [0.15, 0.2) is 43.0 Å². The lowest BCUT2D eigenvalue weighted by Crippen LogP contribution is -2.43. The Bertz CT molecular complexity index is 1130. The molecule has 0 bridgehead atoms. The van der Waals surface area contributed by atoms with Crippen molar-refractivity contribution in [1.29, 1.82) is 0 Å². The van der Waals surface area contributed by atoms with Crippen molar-refractivity contribution < 1.29 is 23.3 Å². The first kappa shape index (κ1) is 28.0. The van der Waals surface area contributed by atoms with E-state index < -0.39 is 19.9 Å². The van der Waals surface area contributed by atoms with Gasteiger partial charge in [-0.05, 0) is 53.7 Å². The molecule has 0 amide bonds. The molecule has 0 aliphatic rings. The Labute approximate surface area is 212 Å². The summed E-state index contributed by atoms with van der Waals surface area (Å²) in [7, 11) is -3.54. The summed E-state index contributed by atoms with van der Waals surface area (Å²) in [5.41, 5.74) is 7.01. The first-order chi connectivity index (χ1) is 17.1. The van der Waals surface area contributed by atoms with E-state index in [2.05, 4.69) is 20.0 Å². The highest BCUT2D eigenvalue weighted by Crippen LogP contribution is 2.44. The number of anilines is 1. The molecule has 0 aliphatic carbocycles. The molecular formula is C24H37N6O5P. The van der Waals surface area contributed by atoms with Gasteiger partial charge in [0.05, 0.1) is 37.2 Å². The largest absolute Gasteiger partial charge is 0.431 e. The summed E-state index contributed by atoms with van der Waals surface area (Å²) >= 11 is 0. The highest BCUT2D eigenvalue weighted by molar-refractivity contribution is 7.57. The Morgan fingerprint density at radius 2 is 1.67 bits per heavy atom. The molecule has 0 radical (unpaired) electrons. The lowest BCUT2D eigenvalue weighted by atomic mass is 10.3. The first-order valence-corrected chi connectivity index (χ1v) is 13.8. The summed E-state index contributed by atoms with van der Waals surface area (Å²) in [5.74, 6) is 0.781. The summed E-state index contributed by atoms with van der Waals surface area (Å²) in [6.07, 6.45) is 1.73. The Morgan fingerprint density at radius 1 is 1.00 bits per heavy atom. The summed E-state index contributed by atoms with van der Waals surface area (Å²) in [6.45, 7) is 11.8. The van der Waals surface area contributed by atoms with Crippen molar-refractivity contribution in [2.75, 3.05) is 12.1 Å². The molecule has 0 aliphatic heterocycles. The minimum atomic E-state index is -3.54. The molecule has 0 spiro atoms. The van der Waals surface area contributed by atoms with Gasteiger partial charge in [-0.15, -0.1) is 0 Å². The van der Waals surface area contributed by atoms with Crippen molar-refractivity contribution in [1.82, 2.24) is 24.6 Å². The number of hydrogen-bond donors (Lipinski definition) is 2. The van der Waals surface area contributed by atoms with Gasteiger partial charge in [-0.25, -0.2) is 20.0 Å². The van der Waals surface area contributed by atoms with E-state index >= 15 is 0 Å². The van der Waals surface area contributed by atoms with Crippen molar-refractivity contribution >= 4 is 24.5 Å². The monoisotopic (exact) mass is 520 g/mol. The number of nitrogen functional groups attached to an aromatic ring is 1. The Morgan fingerprint density at radius 3 is 2.31 bits per heavy atom. The van der Waals surface area contributed by atoms with Crippen molar-refractivity contribution in [2.45, 2.75) is 78.7 Å². The van der Waals surface area contributed by atoms with Crippen LogP contribution in [0.25, 0.3) is 11.2 Å². The Kier molecular flexibility index (Phi) is 9.81. The predicted molar refractivity (Wildman–Crippen MR) is 139 cm³/mol. The van der Waals surface area contributed by atoms with Gasteiger partial charge < -0.3 is 29.0 Å². The van der Waals surface area contributed by atoms with Crippen LogP contribution in [0.3, 0.4) is 0 Å². The predicted octanol–water partition coefficient (Wildman–Crippen LogP) is 4.20. The standard InChI is InChI=1S/C24H37N6O5P/c1-16(2)33-24(34-17(3)4)19(6)29-36(31,35-20-10-8-7-9-11-20)15-32-18(5)12-30-14-28-21-22(25)26-13-27-23(21)30/h7-11,13-14,16-19,24H,12,15H2,1-6H3,(H,29,31)(H2,25,26,27). The molecule has 12 heteroatoms. The van der Waals surface area contributed by atoms with Gasteiger partial charge in [0.2, 0.25) is 0 Å². The molecule has 0 fully saturated rings. The van der Waals surface area contributed by atoms with Crippen LogP contribution in [0.5, 0.6) is 5.75 Å². The van der Waals surface area contributed by atoms with Crippen LogP contribution < -0.4 is 15.3 Å². The van der Waals surface area contributed by atoms with Crippen molar-refractivity contribution in [3.8, 4) is 5.75 Å². The molecular weight excluding hydrogens is 483 g/mol. The van der Waals surface area contributed by atoms with Gasteiger partial charge in [0.15, 0.2) is 17.8 Å². The number of ether oxygens (including phenoxy) is 3. The van der Waals surface area contributed by atoms with Crippen molar-refractivity contribution in [3.63, 3.8) is 0 Å². The van der Waals surface area contributed by atoms with Crippen LogP contribution >= 0.6 is 7.52 Å². The maximum atomic E-state index is 14.0. The minimum absolute atomic E-state index is 0.0773. The molecule has 3 aromatic rings. The third kappa shape index (κ3) is 7.97. The zero-order chi connectivity index (χ0) is 26.3. The number of nitrogens with zero attached hydrogens (tertiary/aromatic N) is 4. The molecule has 0 saturated heterocycles. The Balaban J connectivity index is 1.73. The number of imidazole rings is 1.